The van der Waals surface area contributed by atoms with Crippen LogP contribution in [0.2, 0.25) is 0 Å². The van der Waals surface area contributed by atoms with Crippen LogP contribution in [0.25, 0.3) is 0 Å². The first-order chi connectivity index (χ1) is 15.3. The van der Waals surface area contributed by atoms with E-state index in [1.807, 2.05) is 54.6 Å². The molecule has 0 saturated carbocycles. The summed E-state index contributed by atoms with van der Waals surface area (Å²) < 4.78 is 50.9. The fraction of sp³-hybridized carbons (Fsp3) is 0.391. The Kier molecular flexibility index (Phi) is 10.5. The smallest absolute Gasteiger partial charge is 0.491 e. The van der Waals surface area contributed by atoms with Crippen molar-refractivity contribution in [3.63, 3.8) is 0 Å². The molecule has 0 aliphatic heterocycles. The van der Waals surface area contributed by atoms with Crippen LogP contribution in [0, 0.1) is 0 Å². The number of aryl methyl sites for hydroxylation is 1. The summed E-state index contributed by atoms with van der Waals surface area (Å²) in [4.78, 5) is 21.7. The molecule has 0 saturated heterocycles. The van der Waals surface area contributed by atoms with E-state index >= 15 is 0 Å². The third kappa shape index (κ3) is 10.3. The molecule has 0 spiro atoms. The number of rotatable bonds is 13. The molecule has 0 heterocycles. The van der Waals surface area contributed by atoms with Crippen molar-refractivity contribution in [1.82, 2.24) is 5.32 Å². The lowest BCUT2D eigenvalue weighted by Gasteiger charge is -2.09. The van der Waals surface area contributed by atoms with Crippen LogP contribution in [-0.2, 0) is 20.7 Å². The number of nitrogens with one attached hydrogen (secondary N) is 1. The van der Waals surface area contributed by atoms with Gasteiger partial charge in [0.1, 0.15) is 11.5 Å². The minimum atomic E-state index is -5.17. The topological polar surface area (TPSA) is 73.9 Å². The van der Waals surface area contributed by atoms with Gasteiger partial charge in [0.2, 0.25) is 0 Å². The third-order valence-electron chi connectivity index (χ3n) is 4.26. The lowest BCUT2D eigenvalue weighted by atomic mass is 10.1. The lowest BCUT2D eigenvalue weighted by molar-refractivity contribution is -0.201. The van der Waals surface area contributed by atoms with E-state index in [1.165, 1.54) is 0 Å². The van der Waals surface area contributed by atoms with Crippen molar-refractivity contribution in [3.8, 4) is 11.5 Å². The van der Waals surface area contributed by atoms with E-state index in [4.69, 9.17) is 9.47 Å². The van der Waals surface area contributed by atoms with Crippen LogP contribution in [0.4, 0.5) is 13.2 Å². The summed E-state index contributed by atoms with van der Waals surface area (Å²) in [5.74, 6) is -2.08. The van der Waals surface area contributed by atoms with Crippen molar-refractivity contribution in [1.29, 1.82) is 0 Å². The molecule has 2 aromatic rings. The molecule has 174 valence electrons. The van der Waals surface area contributed by atoms with Gasteiger partial charge in [-0.25, -0.2) is 4.79 Å². The first-order valence-corrected chi connectivity index (χ1v) is 10.3. The monoisotopic (exact) mass is 453 g/mol. The lowest BCUT2D eigenvalue weighted by Crippen LogP contribution is -2.29. The van der Waals surface area contributed by atoms with Crippen molar-refractivity contribution in [2.24, 2.45) is 0 Å². The molecule has 0 aliphatic carbocycles. The molecule has 0 unspecified atom stereocenters. The molecule has 0 fully saturated rings. The maximum absolute atomic E-state index is 12.0. The molecule has 1 N–H and O–H groups in total. The van der Waals surface area contributed by atoms with Crippen molar-refractivity contribution >= 4 is 11.9 Å². The molecule has 0 atom stereocenters. The Labute approximate surface area is 184 Å². The Morgan fingerprint density at radius 3 is 2.06 bits per heavy atom. The maximum Gasteiger partial charge on any atom is 0.491 e. The second kappa shape index (κ2) is 13.4. The van der Waals surface area contributed by atoms with Gasteiger partial charge in [0.05, 0.1) is 19.6 Å². The zero-order valence-corrected chi connectivity index (χ0v) is 17.5. The average molecular weight is 453 g/mol. The van der Waals surface area contributed by atoms with E-state index in [0.29, 0.717) is 19.8 Å². The Morgan fingerprint density at radius 1 is 0.812 bits per heavy atom. The van der Waals surface area contributed by atoms with E-state index in [-0.39, 0.29) is 13.0 Å². The quantitative estimate of drug-likeness (QED) is 0.280. The Hall–Kier alpha value is -3.07. The van der Waals surface area contributed by atoms with Gasteiger partial charge in [-0.3, -0.25) is 4.79 Å². The van der Waals surface area contributed by atoms with Gasteiger partial charge in [-0.1, -0.05) is 30.3 Å². The largest absolute Gasteiger partial charge is 0.493 e. The van der Waals surface area contributed by atoms with Gasteiger partial charge >= 0.3 is 18.1 Å². The number of benzene rings is 2. The highest BCUT2D eigenvalue weighted by Crippen LogP contribution is 2.17. The first kappa shape index (κ1) is 25.2. The molecule has 0 aliphatic rings. The van der Waals surface area contributed by atoms with Gasteiger partial charge in [0, 0.05) is 13.0 Å². The fourth-order valence-electron chi connectivity index (χ4n) is 2.65. The number of carbonyl (C=O) groups excluding carboxylic acids is 2. The molecule has 9 heteroatoms. The van der Waals surface area contributed by atoms with E-state index in [2.05, 4.69) is 10.1 Å². The van der Waals surface area contributed by atoms with Crippen LogP contribution in [0.3, 0.4) is 0 Å². The summed E-state index contributed by atoms with van der Waals surface area (Å²) in [5.41, 5.74) is 1.11. The zero-order valence-electron chi connectivity index (χ0n) is 17.5. The van der Waals surface area contributed by atoms with Crippen molar-refractivity contribution in [3.05, 3.63) is 60.2 Å². The molecule has 2 aromatic carbocycles. The van der Waals surface area contributed by atoms with Crippen LogP contribution in [0.5, 0.6) is 11.5 Å². The maximum atomic E-state index is 12.0. The summed E-state index contributed by atoms with van der Waals surface area (Å²) in [6, 6.07) is 17.3. The van der Waals surface area contributed by atoms with Crippen LogP contribution >= 0.6 is 0 Å². The van der Waals surface area contributed by atoms with Gasteiger partial charge < -0.3 is 19.5 Å². The number of hydrogen-bond donors (Lipinski definition) is 1. The van der Waals surface area contributed by atoms with Crippen LogP contribution in [-0.4, -0.2) is 44.4 Å². The van der Waals surface area contributed by atoms with E-state index in [0.717, 1.165) is 36.3 Å². The van der Waals surface area contributed by atoms with Gasteiger partial charge in [-0.05, 0) is 49.2 Å². The molecule has 0 aromatic heterocycles. The Balaban J connectivity index is 1.51. The second-order valence-electron chi connectivity index (χ2n) is 6.87. The zero-order chi connectivity index (χ0) is 23.2. The summed E-state index contributed by atoms with van der Waals surface area (Å²) >= 11 is 0. The van der Waals surface area contributed by atoms with E-state index in [1.54, 1.807) is 0 Å². The van der Waals surface area contributed by atoms with E-state index in [9.17, 15) is 22.8 Å². The van der Waals surface area contributed by atoms with Crippen LogP contribution < -0.4 is 14.8 Å². The van der Waals surface area contributed by atoms with Crippen LogP contribution in [0.15, 0.2) is 54.6 Å². The number of alkyl halides is 3. The number of carbonyl (C=O) groups is 2. The number of ether oxygens (including phenoxy) is 3. The summed E-state index contributed by atoms with van der Waals surface area (Å²) in [7, 11) is 0. The highest BCUT2D eigenvalue weighted by atomic mass is 19.4. The SMILES string of the molecule is O=C(CCNCCCc1ccc(OCCCOc2ccccc2)cc1)OC(=O)C(F)(F)F. The van der Waals surface area contributed by atoms with Gasteiger partial charge in [-0.15, -0.1) is 0 Å². The predicted molar refractivity (Wildman–Crippen MR) is 111 cm³/mol. The highest BCUT2D eigenvalue weighted by molar-refractivity contribution is 5.88. The molecule has 32 heavy (non-hydrogen) atoms. The fourth-order valence-corrected chi connectivity index (χ4v) is 2.65. The Bertz CT molecular complexity index is 826. The number of halogens is 3. The molecule has 0 bridgehead atoms. The molecular weight excluding hydrogens is 427 g/mol. The molecule has 2 rings (SSSR count). The molecular formula is C23H26F3NO5. The molecule has 0 radical (unpaired) electrons. The minimum absolute atomic E-state index is 0.130. The average Bonchev–Trinajstić information content (AvgIpc) is 2.77. The number of esters is 2. The summed E-state index contributed by atoms with van der Waals surface area (Å²) in [6.07, 6.45) is -3.16. The van der Waals surface area contributed by atoms with Crippen molar-refractivity contribution in [2.75, 3.05) is 26.3 Å². The summed E-state index contributed by atoms with van der Waals surface area (Å²) in [6.45, 7) is 1.82. The van der Waals surface area contributed by atoms with Crippen LogP contribution in [0.1, 0.15) is 24.8 Å². The van der Waals surface area contributed by atoms with Crippen molar-refractivity contribution < 1.29 is 37.0 Å². The normalized spacial score (nSPS) is 11.1. The summed E-state index contributed by atoms with van der Waals surface area (Å²) in [5, 5.41) is 2.93. The standard InChI is InChI=1S/C23H26F3NO5/c24-23(25,26)22(29)32-21(28)13-15-27-14-4-6-18-9-11-20(12-10-18)31-17-5-16-30-19-7-2-1-3-8-19/h1-3,7-12,27H,4-6,13-17H2. The van der Waals surface area contributed by atoms with Gasteiger partial charge in [-0.2, -0.15) is 13.2 Å². The van der Waals surface area contributed by atoms with Crippen molar-refractivity contribution in [2.45, 2.75) is 31.9 Å². The third-order valence-corrected chi connectivity index (χ3v) is 4.26. The number of hydrogen-bond acceptors (Lipinski definition) is 6. The minimum Gasteiger partial charge on any atom is -0.493 e. The molecule has 0 amide bonds. The Morgan fingerprint density at radius 2 is 1.44 bits per heavy atom. The second-order valence-corrected chi connectivity index (χ2v) is 6.87. The first-order valence-electron chi connectivity index (χ1n) is 10.3. The predicted octanol–water partition coefficient (Wildman–Crippen LogP) is 4.08. The van der Waals surface area contributed by atoms with E-state index < -0.39 is 18.1 Å². The van der Waals surface area contributed by atoms with Gasteiger partial charge in [0.15, 0.2) is 0 Å². The van der Waals surface area contributed by atoms with Gasteiger partial charge in [0.25, 0.3) is 0 Å². The molecule has 6 nitrogen and oxygen atoms in total. The number of para-hydroxylation sites is 1. The highest BCUT2D eigenvalue weighted by Gasteiger charge is 2.42.